The van der Waals surface area contributed by atoms with Crippen LogP contribution in [-0.4, -0.2) is 29.1 Å². The van der Waals surface area contributed by atoms with Gasteiger partial charge in [0.15, 0.2) is 5.13 Å². The molecule has 0 saturated heterocycles. The van der Waals surface area contributed by atoms with Gasteiger partial charge in [0.25, 0.3) is 5.91 Å². The smallest absolute Gasteiger partial charge is 0.271 e. The number of aliphatic hydroxyl groups is 1. The zero-order chi connectivity index (χ0) is 14.4. The average molecular weight is 291 g/mol. The number of hydrogen-bond acceptors (Lipinski definition) is 5. The van der Waals surface area contributed by atoms with E-state index in [0.717, 1.165) is 17.2 Å². The van der Waals surface area contributed by atoms with E-state index in [4.69, 9.17) is 0 Å². The second kappa shape index (κ2) is 7.02. The first-order valence-corrected chi connectivity index (χ1v) is 7.28. The Kier molecular flexibility index (Phi) is 5.09. The fraction of sp³-hybridized carbons (Fsp3) is 0.286. The van der Waals surface area contributed by atoms with Crippen molar-refractivity contribution in [2.75, 3.05) is 18.5 Å². The Bertz CT molecular complexity index is 557. The summed E-state index contributed by atoms with van der Waals surface area (Å²) in [6.45, 7) is 2.58. The number of carbonyl (C=O) groups is 1. The van der Waals surface area contributed by atoms with Gasteiger partial charge in [0.2, 0.25) is 0 Å². The van der Waals surface area contributed by atoms with Gasteiger partial charge in [-0.3, -0.25) is 4.79 Å². The fourth-order valence-corrected chi connectivity index (χ4v) is 2.52. The first-order valence-electron chi connectivity index (χ1n) is 6.40. The van der Waals surface area contributed by atoms with Gasteiger partial charge in [-0.1, -0.05) is 30.3 Å². The predicted molar refractivity (Wildman–Crippen MR) is 80.0 cm³/mol. The highest BCUT2D eigenvalue weighted by atomic mass is 32.1. The molecule has 0 radical (unpaired) electrons. The van der Waals surface area contributed by atoms with Crippen molar-refractivity contribution in [2.24, 2.45) is 0 Å². The van der Waals surface area contributed by atoms with E-state index in [9.17, 15) is 9.90 Å². The molecule has 1 amide bonds. The van der Waals surface area contributed by atoms with E-state index in [1.165, 1.54) is 11.3 Å². The monoisotopic (exact) mass is 291 g/mol. The molecule has 2 rings (SSSR count). The minimum atomic E-state index is -0.423. The lowest BCUT2D eigenvalue weighted by atomic mass is 10.1. The van der Waals surface area contributed by atoms with E-state index in [1.54, 1.807) is 5.38 Å². The summed E-state index contributed by atoms with van der Waals surface area (Å²) in [4.78, 5) is 16.3. The van der Waals surface area contributed by atoms with Crippen LogP contribution in [0.3, 0.4) is 0 Å². The highest BCUT2D eigenvalue weighted by Crippen LogP contribution is 2.17. The van der Waals surface area contributed by atoms with Gasteiger partial charge in [-0.05, 0) is 12.5 Å². The molecule has 0 saturated carbocycles. The standard InChI is InChI=1S/C14H17N3O2S/c1-2-15-14-17-12(9-20-14)13(19)16-11(8-18)10-6-4-3-5-7-10/h3-7,9,11,18H,2,8H2,1H3,(H,15,17)(H,16,19). The highest BCUT2D eigenvalue weighted by Gasteiger charge is 2.16. The molecule has 2 aromatic rings. The van der Waals surface area contributed by atoms with E-state index in [1.807, 2.05) is 37.3 Å². The van der Waals surface area contributed by atoms with Crippen LogP contribution in [0.1, 0.15) is 29.0 Å². The van der Waals surface area contributed by atoms with Crippen LogP contribution in [0.2, 0.25) is 0 Å². The summed E-state index contributed by atoms with van der Waals surface area (Å²) in [5.74, 6) is -0.284. The van der Waals surface area contributed by atoms with Crippen molar-refractivity contribution < 1.29 is 9.90 Å². The molecule has 1 unspecified atom stereocenters. The molecular weight excluding hydrogens is 274 g/mol. The number of nitrogens with zero attached hydrogens (tertiary/aromatic N) is 1. The van der Waals surface area contributed by atoms with Gasteiger partial charge in [-0.2, -0.15) is 0 Å². The molecule has 0 aliphatic heterocycles. The van der Waals surface area contributed by atoms with Crippen molar-refractivity contribution in [3.63, 3.8) is 0 Å². The maximum atomic E-state index is 12.1. The molecule has 0 aliphatic carbocycles. The zero-order valence-corrected chi connectivity index (χ0v) is 12.0. The van der Waals surface area contributed by atoms with Crippen LogP contribution in [0.4, 0.5) is 5.13 Å². The molecule has 0 spiro atoms. The summed E-state index contributed by atoms with van der Waals surface area (Å²) in [6.07, 6.45) is 0. The van der Waals surface area contributed by atoms with Crippen molar-refractivity contribution in [1.29, 1.82) is 0 Å². The molecule has 0 aliphatic rings. The molecule has 1 aromatic heterocycles. The second-order valence-corrected chi connectivity index (χ2v) is 5.05. The van der Waals surface area contributed by atoms with Crippen LogP contribution in [0, 0.1) is 0 Å². The average Bonchev–Trinajstić information content (AvgIpc) is 2.94. The SMILES string of the molecule is CCNc1nc(C(=O)NC(CO)c2ccccc2)cs1. The summed E-state index contributed by atoms with van der Waals surface area (Å²) in [5, 5.41) is 17.7. The minimum Gasteiger partial charge on any atom is -0.394 e. The maximum Gasteiger partial charge on any atom is 0.271 e. The summed E-state index contributed by atoms with van der Waals surface area (Å²) < 4.78 is 0. The summed E-state index contributed by atoms with van der Waals surface area (Å²) >= 11 is 1.39. The lowest BCUT2D eigenvalue weighted by molar-refractivity contribution is 0.0912. The number of nitrogens with one attached hydrogen (secondary N) is 2. The van der Waals surface area contributed by atoms with E-state index in [-0.39, 0.29) is 12.5 Å². The molecular formula is C14H17N3O2S. The largest absolute Gasteiger partial charge is 0.394 e. The van der Waals surface area contributed by atoms with Gasteiger partial charge in [0, 0.05) is 11.9 Å². The molecule has 106 valence electrons. The zero-order valence-electron chi connectivity index (χ0n) is 11.2. The van der Waals surface area contributed by atoms with Gasteiger partial charge in [0.05, 0.1) is 12.6 Å². The molecule has 1 atom stereocenters. The Labute approximate surface area is 121 Å². The number of amides is 1. The summed E-state index contributed by atoms with van der Waals surface area (Å²) in [7, 11) is 0. The predicted octanol–water partition coefficient (Wildman–Crippen LogP) is 2.04. The van der Waals surface area contributed by atoms with Crippen LogP contribution in [0.25, 0.3) is 0 Å². The Morgan fingerprint density at radius 1 is 1.40 bits per heavy atom. The lowest BCUT2D eigenvalue weighted by Crippen LogP contribution is -2.31. The van der Waals surface area contributed by atoms with Crippen LogP contribution in [0.5, 0.6) is 0 Å². The first-order chi connectivity index (χ1) is 9.74. The van der Waals surface area contributed by atoms with Gasteiger partial charge in [-0.25, -0.2) is 4.98 Å². The summed E-state index contributed by atoms with van der Waals surface area (Å²) in [6, 6.07) is 8.95. The van der Waals surface area contributed by atoms with Crippen LogP contribution in [-0.2, 0) is 0 Å². The van der Waals surface area contributed by atoms with Crippen molar-refractivity contribution >= 4 is 22.4 Å². The topological polar surface area (TPSA) is 74.2 Å². The normalized spacial score (nSPS) is 11.9. The lowest BCUT2D eigenvalue weighted by Gasteiger charge is -2.15. The third-order valence-electron chi connectivity index (χ3n) is 2.75. The minimum absolute atomic E-state index is 0.153. The quantitative estimate of drug-likeness (QED) is 0.761. The van der Waals surface area contributed by atoms with Crippen LogP contribution >= 0.6 is 11.3 Å². The Hall–Kier alpha value is -1.92. The third kappa shape index (κ3) is 3.55. The maximum absolute atomic E-state index is 12.1. The Balaban J connectivity index is 2.05. The highest BCUT2D eigenvalue weighted by molar-refractivity contribution is 7.13. The van der Waals surface area contributed by atoms with E-state index in [0.29, 0.717) is 5.69 Å². The van der Waals surface area contributed by atoms with Crippen LogP contribution < -0.4 is 10.6 Å². The number of thiazole rings is 1. The number of aliphatic hydroxyl groups excluding tert-OH is 1. The number of rotatable bonds is 6. The van der Waals surface area contributed by atoms with Crippen molar-refractivity contribution in [3.8, 4) is 0 Å². The van der Waals surface area contributed by atoms with Gasteiger partial charge in [-0.15, -0.1) is 11.3 Å². The van der Waals surface area contributed by atoms with Crippen LogP contribution in [0.15, 0.2) is 35.7 Å². The molecule has 5 nitrogen and oxygen atoms in total. The van der Waals surface area contributed by atoms with Crippen molar-refractivity contribution in [3.05, 3.63) is 47.0 Å². The third-order valence-corrected chi connectivity index (χ3v) is 3.55. The van der Waals surface area contributed by atoms with Crippen molar-refractivity contribution in [1.82, 2.24) is 10.3 Å². The Morgan fingerprint density at radius 3 is 2.80 bits per heavy atom. The number of hydrogen-bond donors (Lipinski definition) is 3. The van der Waals surface area contributed by atoms with Gasteiger partial charge in [0.1, 0.15) is 5.69 Å². The fourth-order valence-electron chi connectivity index (χ4n) is 1.76. The number of benzene rings is 1. The molecule has 0 bridgehead atoms. The number of carbonyl (C=O) groups excluding carboxylic acids is 1. The molecule has 1 heterocycles. The molecule has 20 heavy (non-hydrogen) atoms. The van der Waals surface area contributed by atoms with E-state index >= 15 is 0 Å². The number of aromatic nitrogens is 1. The van der Waals surface area contributed by atoms with Gasteiger partial charge >= 0.3 is 0 Å². The van der Waals surface area contributed by atoms with E-state index < -0.39 is 6.04 Å². The first kappa shape index (κ1) is 14.5. The molecule has 6 heteroatoms. The van der Waals surface area contributed by atoms with Crippen molar-refractivity contribution in [2.45, 2.75) is 13.0 Å². The Morgan fingerprint density at radius 2 is 2.15 bits per heavy atom. The van der Waals surface area contributed by atoms with E-state index in [2.05, 4.69) is 15.6 Å². The number of anilines is 1. The molecule has 3 N–H and O–H groups in total. The summed E-state index contributed by atoms with van der Waals surface area (Å²) in [5.41, 5.74) is 1.23. The molecule has 1 aromatic carbocycles. The van der Waals surface area contributed by atoms with Gasteiger partial charge < -0.3 is 15.7 Å². The second-order valence-electron chi connectivity index (χ2n) is 4.19. The molecule has 0 fully saturated rings.